The van der Waals surface area contributed by atoms with Crippen molar-refractivity contribution < 1.29 is 14.3 Å². The molecule has 1 fully saturated rings. The van der Waals surface area contributed by atoms with Gasteiger partial charge in [-0.25, -0.2) is 0 Å². The van der Waals surface area contributed by atoms with Crippen molar-refractivity contribution in [2.45, 2.75) is 6.61 Å². The van der Waals surface area contributed by atoms with Gasteiger partial charge in [-0.1, -0.05) is 46.3 Å². The summed E-state index contributed by atoms with van der Waals surface area (Å²) in [6.07, 6.45) is 3.25. The molecule has 0 atom stereocenters. The number of hydrogen-bond acceptors (Lipinski definition) is 4. The highest BCUT2D eigenvalue weighted by Gasteiger charge is 2.33. The molecule has 3 rings (SSSR count). The first-order valence-corrected chi connectivity index (χ1v) is 9.51. The van der Waals surface area contributed by atoms with E-state index in [1.54, 1.807) is 6.08 Å². The van der Waals surface area contributed by atoms with Crippen LogP contribution in [0.25, 0.3) is 6.08 Å². The average Bonchev–Trinajstić information content (AvgIpc) is 2.90. The normalized spacial score (nSPS) is 15.6. The Morgan fingerprint density at radius 1 is 1.08 bits per heavy atom. The summed E-state index contributed by atoms with van der Waals surface area (Å²) in [5.74, 6) is 0.459. The van der Waals surface area contributed by atoms with E-state index in [-0.39, 0.29) is 17.7 Å². The zero-order valence-electron chi connectivity index (χ0n) is 13.9. The molecular formula is C20H16BrNO3S. The third-order valence-electron chi connectivity index (χ3n) is 3.68. The predicted octanol–water partition coefficient (Wildman–Crippen LogP) is 5.25. The molecule has 0 bridgehead atoms. The molecule has 2 aromatic rings. The van der Waals surface area contributed by atoms with Crippen molar-refractivity contribution in [2.75, 3.05) is 6.54 Å². The van der Waals surface area contributed by atoms with E-state index in [0.29, 0.717) is 11.5 Å². The van der Waals surface area contributed by atoms with Crippen LogP contribution in [0.4, 0.5) is 4.79 Å². The summed E-state index contributed by atoms with van der Waals surface area (Å²) in [5.41, 5.74) is 1.92. The van der Waals surface area contributed by atoms with Crippen molar-refractivity contribution in [2.24, 2.45) is 0 Å². The predicted molar refractivity (Wildman–Crippen MR) is 108 cm³/mol. The van der Waals surface area contributed by atoms with E-state index in [0.717, 1.165) is 33.1 Å². The van der Waals surface area contributed by atoms with Crippen LogP contribution in [0, 0.1) is 0 Å². The first-order valence-electron chi connectivity index (χ1n) is 7.90. The first-order chi connectivity index (χ1) is 12.6. The lowest BCUT2D eigenvalue weighted by Gasteiger charge is -2.08. The summed E-state index contributed by atoms with van der Waals surface area (Å²) in [7, 11) is 0. The Morgan fingerprint density at radius 2 is 1.77 bits per heavy atom. The van der Waals surface area contributed by atoms with E-state index in [1.165, 1.54) is 11.0 Å². The highest BCUT2D eigenvalue weighted by Crippen LogP contribution is 2.32. The number of carbonyl (C=O) groups excluding carboxylic acids is 2. The lowest BCUT2D eigenvalue weighted by atomic mass is 10.2. The number of hydrogen-bond donors (Lipinski definition) is 0. The Kier molecular flexibility index (Phi) is 5.96. The molecule has 26 heavy (non-hydrogen) atoms. The smallest absolute Gasteiger partial charge is 0.293 e. The van der Waals surface area contributed by atoms with E-state index in [1.807, 2.05) is 48.5 Å². The molecule has 0 aliphatic carbocycles. The molecule has 0 aromatic heterocycles. The molecule has 1 saturated heterocycles. The van der Waals surface area contributed by atoms with Crippen LogP contribution < -0.4 is 4.74 Å². The fourth-order valence-corrected chi connectivity index (χ4v) is 3.46. The Balaban J connectivity index is 1.64. The maximum atomic E-state index is 12.2. The van der Waals surface area contributed by atoms with Gasteiger partial charge in [0.1, 0.15) is 12.4 Å². The van der Waals surface area contributed by atoms with Crippen LogP contribution in [-0.4, -0.2) is 22.6 Å². The molecule has 4 nitrogen and oxygen atoms in total. The zero-order chi connectivity index (χ0) is 18.5. The summed E-state index contributed by atoms with van der Waals surface area (Å²) in [6.45, 7) is 4.27. The maximum Gasteiger partial charge on any atom is 0.293 e. The monoisotopic (exact) mass is 429 g/mol. The minimum Gasteiger partial charge on any atom is -0.489 e. The lowest BCUT2D eigenvalue weighted by molar-refractivity contribution is -0.122. The van der Waals surface area contributed by atoms with Crippen LogP contribution in [0.2, 0.25) is 0 Å². The maximum absolute atomic E-state index is 12.2. The molecule has 0 N–H and O–H groups in total. The summed E-state index contributed by atoms with van der Waals surface area (Å²) >= 11 is 4.35. The largest absolute Gasteiger partial charge is 0.489 e. The molecule has 0 spiro atoms. The van der Waals surface area contributed by atoms with E-state index >= 15 is 0 Å². The van der Waals surface area contributed by atoms with Gasteiger partial charge in [-0.2, -0.15) is 0 Å². The summed E-state index contributed by atoms with van der Waals surface area (Å²) in [6, 6.07) is 15.4. The second-order valence-corrected chi connectivity index (χ2v) is 7.47. The number of carbonyl (C=O) groups is 2. The van der Waals surface area contributed by atoms with Crippen molar-refractivity contribution in [1.29, 1.82) is 0 Å². The van der Waals surface area contributed by atoms with Gasteiger partial charge in [0.05, 0.1) is 4.91 Å². The van der Waals surface area contributed by atoms with Crippen LogP contribution in [0.3, 0.4) is 0 Å². The van der Waals surface area contributed by atoms with Gasteiger partial charge in [-0.05, 0) is 53.2 Å². The minimum atomic E-state index is -0.282. The van der Waals surface area contributed by atoms with Crippen molar-refractivity contribution in [3.63, 3.8) is 0 Å². The van der Waals surface area contributed by atoms with E-state index in [4.69, 9.17) is 4.74 Å². The molecule has 6 heteroatoms. The summed E-state index contributed by atoms with van der Waals surface area (Å²) in [5, 5.41) is -0.268. The molecule has 1 aliphatic rings. The standard InChI is InChI=1S/C20H16BrNO3S/c1-2-11-22-19(23)18(26-20(22)24)12-14-5-9-17(10-6-14)25-13-15-3-7-16(21)8-4-15/h2-10,12H,1,11,13H2/b18-12+. The van der Waals surface area contributed by atoms with Crippen LogP contribution in [0.1, 0.15) is 11.1 Å². The third kappa shape index (κ3) is 4.45. The number of thioether (sulfide) groups is 1. The van der Waals surface area contributed by atoms with Crippen molar-refractivity contribution in [3.05, 3.63) is 81.7 Å². The van der Waals surface area contributed by atoms with Crippen LogP contribution >= 0.6 is 27.7 Å². The topological polar surface area (TPSA) is 46.6 Å². The molecule has 1 heterocycles. The van der Waals surface area contributed by atoms with Gasteiger partial charge in [0, 0.05) is 11.0 Å². The number of nitrogens with zero attached hydrogens (tertiary/aromatic N) is 1. The zero-order valence-corrected chi connectivity index (χ0v) is 16.3. The number of benzene rings is 2. The Labute approximate surface area is 164 Å². The Hall–Kier alpha value is -2.31. The highest BCUT2D eigenvalue weighted by molar-refractivity contribution is 9.10. The van der Waals surface area contributed by atoms with Crippen molar-refractivity contribution in [3.8, 4) is 5.75 Å². The van der Waals surface area contributed by atoms with Gasteiger partial charge < -0.3 is 4.74 Å². The number of ether oxygens (including phenoxy) is 1. The van der Waals surface area contributed by atoms with Crippen LogP contribution in [0.15, 0.2) is 70.6 Å². The van der Waals surface area contributed by atoms with Gasteiger partial charge in [-0.15, -0.1) is 6.58 Å². The highest BCUT2D eigenvalue weighted by atomic mass is 79.9. The molecule has 1 aliphatic heterocycles. The molecule has 2 aromatic carbocycles. The SMILES string of the molecule is C=CCN1C(=O)S/C(=C/c2ccc(OCc3ccc(Br)cc3)cc2)C1=O. The minimum absolute atomic E-state index is 0.227. The van der Waals surface area contributed by atoms with E-state index in [2.05, 4.69) is 22.5 Å². The first kappa shape index (κ1) is 18.5. The van der Waals surface area contributed by atoms with E-state index < -0.39 is 0 Å². The molecule has 0 radical (unpaired) electrons. The van der Waals surface area contributed by atoms with Gasteiger partial charge in [0.15, 0.2) is 0 Å². The quantitative estimate of drug-likeness (QED) is 0.464. The molecule has 0 unspecified atom stereocenters. The molecule has 2 amide bonds. The van der Waals surface area contributed by atoms with Crippen molar-refractivity contribution in [1.82, 2.24) is 4.90 Å². The number of halogens is 1. The van der Waals surface area contributed by atoms with Gasteiger partial charge in [0.25, 0.3) is 11.1 Å². The Morgan fingerprint density at radius 3 is 2.42 bits per heavy atom. The summed E-state index contributed by atoms with van der Waals surface area (Å²) in [4.78, 5) is 25.6. The summed E-state index contributed by atoms with van der Waals surface area (Å²) < 4.78 is 6.79. The van der Waals surface area contributed by atoms with Crippen molar-refractivity contribution >= 4 is 44.9 Å². The van der Waals surface area contributed by atoms with Crippen LogP contribution in [0.5, 0.6) is 5.75 Å². The van der Waals surface area contributed by atoms with Crippen LogP contribution in [-0.2, 0) is 11.4 Å². The molecule has 132 valence electrons. The van der Waals surface area contributed by atoms with Gasteiger partial charge in [0.2, 0.25) is 0 Å². The van der Waals surface area contributed by atoms with E-state index in [9.17, 15) is 9.59 Å². The fraction of sp³-hybridized carbons (Fsp3) is 0.100. The lowest BCUT2D eigenvalue weighted by Crippen LogP contribution is -2.27. The average molecular weight is 430 g/mol. The second kappa shape index (κ2) is 8.38. The fourth-order valence-electron chi connectivity index (χ4n) is 2.35. The Bertz CT molecular complexity index is 860. The second-order valence-electron chi connectivity index (χ2n) is 5.57. The molecular weight excluding hydrogens is 414 g/mol. The third-order valence-corrected chi connectivity index (χ3v) is 5.12. The number of amides is 2. The number of rotatable bonds is 6. The number of imide groups is 1. The van der Waals surface area contributed by atoms with Gasteiger partial charge >= 0.3 is 0 Å². The van der Waals surface area contributed by atoms with Gasteiger partial charge in [-0.3, -0.25) is 14.5 Å². The molecule has 0 saturated carbocycles.